The van der Waals surface area contributed by atoms with Crippen LogP contribution in [-0.2, 0) is 9.47 Å². The number of rotatable bonds is 13. The summed E-state index contributed by atoms with van der Waals surface area (Å²) in [6.07, 6.45) is 13.8. The molecule has 2 heteroatoms. The van der Waals surface area contributed by atoms with Crippen LogP contribution in [0.25, 0.3) is 0 Å². The molecule has 0 rings (SSSR count). The zero-order chi connectivity index (χ0) is 11.9. The third-order valence-electron chi connectivity index (χ3n) is 2.65. The van der Waals surface area contributed by atoms with Gasteiger partial charge < -0.3 is 9.47 Å². The standard InChI is InChI=1S/C14H28O2/c1-3-4-5-6-7-8-9-10-11-12-13-16-14-15-2/h3H,1,4-14H2,2H3. The van der Waals surface area contributed by atoms with E-state index >= 15 is 0 Å². The van der Waals surface area contributed by atoms with Crippen LogP contribution < -0.4 is 0 Å². The van der Waals surface area contributed by atoms with Gasteiger partial charge in [0.05, 0.1) is 0 Å². The zero-order valence-electron chi connectivity index (χ0n) is 10.9. The Morgan fingerprint density at radius 3 is 2.00 bits per heavy atom. The smallest absolute Gasteiger partial charge is 0.146 e. The Kier molecular flexibility index (Phi) is 14.3. The van der Waals surface area contributed by atoms with E-state index in [2.05, 4.69) is 6.58 Å². The van der Waals surface area contributed by atoms with Crippen LogP contribution in [0.2, 0.25) is 0 Å². The molecule has 0 aliphatic carbocycles. The molecular formula is C14H28O2. The van der Waals surface area contributed by atoms with Crippen molar-refractivity contribution in [2.24, 2.45) is 0 Å². The molecule has 0 amide bonds. The molecule has 0 aromatic rings. The van der Waals surface area contributed by atoms with Crippen molar-refractivity contribution in [3.05, 3.63) is 12.7 Å². The topological polar surface area (TPSA) is 18.5 Å². The maximum atomic E-state index is 5.22. The van der Waals surface area contributed by atoms with E-state index in [-0.39, 0.29) is 0 Å². The fraction of sp³-hybridized carbons (Fsp3) is 0.857. The van der Waals surface area contributed by atoms with Crippen LogP contribution in [0.15, 0.2) is 12.7 Å². The normalized spacial score (nSPS) is 10.6. The van der Waals surface area contributed by atoms with Crippen LogP contribution in [0.1, 0.15) is 57.8 Å². The van der Waals surface area contributed by atoms with Gasteiger partial charge in [0.15, 0.2) is 0 Å². The van der Waals surface area contributed by atoms with Crippen molar-refractivity contribution in [2.45, 2.75) is 57.8 Å². The van der Waals surface area contributed by atoms with Gasteiger partial charge in [-0.15, -0.1) is 6.58 Å². The summed E-state index contributed by atoms with van der Waals surface area (Å²) in [6, 6.07) is 0. The van der Waals surface area contributed by atoms with Gasteiger partial charge in [-0.3, -0.25) is 0 Å². The quantitative estimate of drug-likeness (QED) is 0.266. The predicted molar refractivity (Wildman–Crippen MR) is 69.6 cm³/mol. The molecule has 0 bridgehead atoms. The predicted octanol–water partition coefficient (Wildman–Crippen LogP) is 4.30. The Bertz CT molecular complexity index is 135. The lowest BCUT2D eigenvalue weighted by molar-refractivity contribution is -0.0315. The highest BCUT2D eigenvalue weighted by molar-refractivity contribution is 4.65. The monoisotopic (exact) mass is 228 g/mol. The summed E-state index contributed by atoms with van der Waals surface area (Å²) in [7, 11) is 1.66. The summed E-state index contributed by atoms with van der Waals surface area (Å²) in [5, 5.41) is 0. The van der Waals surface area contributed by atoms with E-state index in [0.29, 0.717) is 6.79 Å². The molecule has 0 saturated heterocycles. The van der Waals surface area contributed by atoms with Gasteiger partial charge in [0, 0.05) is 13.7 Å². The fourth-order valence-corrected chi connectivity index (χ4v) is 1.70. The van der Waals surface area contributed by atoms with Gasteiger partial charge in [-0.1, -0.05) is 44.6 Å². The summed E-state index contributed by atoms with van der Waals surface area (Å²) in [6.45, 7) is 5.00. The van der Waals surface area contributed by atoms with Gasteiger partial charge in [-0.25, -0.2) is 0 Å². The van der Waals surface area contributed by atoms with E-state index in [1.807, 2.05) is 6.08 Å². The second-order valence-corrected chi connectivity index (χ2v) is 4.22. The van der Waals surface area contributed by atoms with Gasteiger partial charge in [0.2, 0.25) is 0 Å². The largest absolute Gasteiger partial charge is 0.359 e. The molecule has 0 aliphatic heterocycles. The molecule has 96 valence electrons. The zero-order valence-corrected chi connectivity index (χ0v) is 10.9. The first kappa shape index (κ1) is 15.7. The summed E-state index contributed by atoms with van der Waals surface area (Å²) < 4.78 is 10.0. The SMILES string of the molecule is C=CCCCCCCCCCCOCOC. The highest BCUT2D eigenvalue weighted by Gasteiger charge is 1.92. The minimum atomic E-state index is 0.434. The number of ether oxygens (including phenoxy) is 2. The van der Waals surface area contributed by atoms with Crippen molar-refractivity contribution in [3.8, 4) is 0 Å². The molecule has 0 spiro atoms. The van der Waals surface area contributed by atoms with Crippen LogP contribution in [0, 0.1) is 0 Å². The van der Waals surface area contributed by atoms with Crippen LogP contribution in [0.3, 0.4) is 0 Å². The van der Waals surface area contributed by atoms with Crippen molar-refractivity contribution in [1.82, 2.24) is 0 Å². The van der Waals surface area contributed by atoms with Crippen molar-refractivity contribution in [1.29, 1.82) is 0 Å². The number of hydrogen-bond donors (Lipinski definition) is 0. The van der Waals surface area contributed by atoms with Crippen molar-refractivity contribution >= 4 is 0 Å². The number of allylic oxidation sites excluding steroid dienone is 1. The van der Waals surface area contributed by atoms with Crippen molar-refractivity contribution < 1.29 is 9.47 Å². The Morgan fingerprint density at radius 2 is 1.44 bits per heavy atom. The first-order valence-electron chi connectivity index (χ1n) is 6.59. The third kappa shape index (κ3) is 13.7. The van der Waals surface area contributed by atoms with E-state index in [4.69, 9.17) is 9.47 Å². The summed E-state index contributed by atoms with van der Waals surface area (Å²) in [5.41, 5.74) is 0. The Balaban J connectivity index is 2.85. The van der Waals surface area contributed by atoms with Crippen LogP contribution in [0.4, 0.5) is 0 Å². The summed E-state index contributed by atoms with van der Waals surface area (Å²) >= 11 is 0. The maximum absolute atomic E-state index is 5.22. The van der Waals surface area contributed by atoms with Gasteiger partial charge in [-0.2, -0.15) is 0 Å². The van der Waals surface area contributed by atoms with Crippen molar-refractivity contribution in [3.63, 3.8) is 0 Å². The van der Waals surface area contributed by atoms with Crippen LogP contribution in [0.5, 0.6) is 0 Å². The van der Waals surface area contributed by atoms with E-state index in [1.54, 1.807) is 7.11 Å². The molecule has 0 aromatic heterocycles. The molecule has 0 fully saturated rings. The molecule has 0 atom stereocenters. The van der Waals surface area contributed by atoms with E-state index < -0.39 is 0 Å². The highest BCUT2D eigenvalue weighted by atomic mass is 16.7. The lowest BCUT2D eigenvalue weighted by Crippen LogP contribution is -1.98. The van der Waals surface area contributed by atoms with E-state index in [9.17, 15) is 0 Å². The Morgan fingerprint density at radius 1 is 0.875 bits per heavy atom. The average molecular weight is 228 g/mol. The summed E-state index contributed by atoms with van der Waals surface area (Å²) in [4.78, 5) is 0. The van der Waals surface area contributed by atoms with Gasteiger partial charge in [-0.05, 0) is 19.3 Å². The number of hydrogen-bond acceptors (Lipinski definition) is 2. The van der Waals surface area contributed by atoms with Gasteiger partial charge >= 0.3 is 0 Å². The Hall–Kier alpha value is -0.340. The van der Waals surface area contributed by atoms with Crippen LogP contribution >= 0.6 is 0 Å². The fourth-order valence-electron chi connectivity index (χ4n) is 1.70. The van der Waals surface area contributed by atoms with Crippen LogP contribution in [-0.4, -0.2) is 20.5 Å². The molecule has 0 radical (unpaired) electrons. The second-order valence-electron chi connectivity index (χ2n) is 4.22. The van der Waals surface area contributed by atoms with Crippen molar-refractivity contribution in [2.75, 3.05) is 20.5 Å². The molecule has 0 heterocycles. The molecule has 16 heavy (non-hydrogen) atoms. The molecule has 0 aliphatic rings. The maximum Gasteiger partial charge on any atom is 0.146 e. The average Bonchev–Trinajstić information content (AvgIpc) is 2.31. The number of unbranched alkanes of at least 4 members (excludes halogenated alkanes) is 8. The lowest BCUT2D eigenvalue weighted by Gasteiger charge is -2.03. The van der Waals surface area contributed by atoms with Gasteiger partial charge in [0.1, 0.15) is 6.79 Å². The molecule has 0 unspecified atom stereocenters. The van der Waals surface area contributed by atoms with E-state index in [1.165, 1.54) is 57.8 Å². The molecule has 0 N–H and O–H groups in total. The number of methoxy groups -OCH3 is 1. The lowest BCUT2D eigenvalue weighted by atomic mass is 10.1. The van der Waals surface area contributed by atoms with Gasteiger partial charge in [0.25, 0.3) is 0 Å². The highest BCUT2D eigenvalue weighted by Crippen LogP contribution is 2.09. The molecule has 2 nitrogen and oxygen atoms in total. The Labute approximate surface area is 101 Å². The van der Waals surface area contributed by atoms with E-state index in [0.717, 1.165) is 6.61 Å². The molecule has 0 aromatic carbocycles. The molecule has 0 saturated carbocycles. The molecular weight excluding hydrogens is 200 g/mol. The second kappa shape index (κ2) is 14.7. The minimum absolute atomic E-state index is 0.434. The summed E-state index contributed by atoms with van der Waals surface area (Å²) in [5.74, 6) is 0. The third-order valence-corrected chi connectivity index (χ3v) is 2.65. The minimum Gasteiger partial charge on any atom is -0.359 e. The first-order valence-corrected chi connectivity index (χ1v) is 6.59. The first-order chi connectivity index (χ1) is 7.91.